The molecule has 1 aromatic heterocycles. The molecule has 5 heteroatoms. The van der Waals surface area contributed by atoms with Crippen molar-refractivity contribution in [3.05, 3.63) is 44.3 Å². The molecule has 14 heavy (non-hydrogen) atoms. The van der Waals surface area contributed by atoms with Gasteiger partial charge < -0.3 is 0 Å². The third kappa shape index (κ3) is 2.44. The second kappa shape index (κ2) is 4.26. The zero-order chi connectivity index (χ0) is 9.97. The average Bonchev–Trinajstić information content (AvgIpc) is 2.56. The Morgan fingerprint density at radius 3 is 2.36 bits per heavy atom. The van der Waals surface area contributed by atoms with Crippen molar-refractivity contribution in [2.75, 3.05) is 0 Å². The Balaban J connectivity index is 2.15. The summed E-state index contributed by atoms with van der Waals surface area (Å²) in [7, 11) is 0. The monoisotopic (exact) mass is 244 g/mol. The molecular formula is C9H6Cl2N2S. The highest BCUT2D eigenvalue weighted by Crippen LogP contribution is 2.19. The molecule has 0 aliphatic rings. The molecule has 0 fully saturated rings. The fourth-order valence-corrected chi connectivity index (χ4v) is 2.11. The van der Waals surface area contributed by atoms with Crippen molar-refractivity contribution in [2.24, 2.45) is 0 Å². The van der Waals surface area contributed by atoms with Gasteiger partial charge in [0.25, 0.3) is 0 Å². The zero-order valence-electron chi connectivity index (χ0n) is 7.08. The lowest BCUT2D eigenvalue weighted by Crippen LogP contribution is -1.86. The maximum atomic E-state index is 5.77. The van der Waals surface area contributed by atoms with Crippen LogP contribution in [-0.2, 0) is 6.42 Å². The quantitative estimate of drug-likeness (QED) is 0.809. The Labute approximate surface area is 95.5 Å². The Bertz CT molecular complexity index is 425. The number of hydrogen-bond donors (Lipinski definition) is 0. The minimum Gasteiger partial charge on any atom is -0.142 e. The van der Waals surface area contributed by atoms with Gasteiger partial charge in [0, 0.05) is 11.4 Å². The van der Waals surface area contributed by atoms with Gasteiger partial charge in [0.15, 0.2) is 0 Å². The first-order chi connectivity index (χ1) is 6.74. The van der Waals surface area contributed by atoms with Crippen molar-refractivity contribution in [3.8, 4) is 0 Å². The zero-order valence-corrected chi connectivity index (χ0v) is 9.40. The molecule has 0 saturated carbocycles. The molecule has 0 unspecified atom stereocenters. The highest BCUT2D eigenvalue weighted by atomic mass is 35.5. The van der Waals surface area contributed by atoms with Crippen LogP contribution in [0.25, 0.3) is 0 Å². The van der Waals surface area contributed by atoms with E-state index in [1.807, 2.05) is 24.3 Å². The lowest BCUT2D eigenvalue weighted by Gasteiger charge is -1.96. The Hall–Kier alpha value is -0.640. The van der Waals surface area contributed by atoms with Crippen LogP contribution in [-0.4, -0.2) is 10.2 Å². The van der Waals surface area contributed by atoms with E-state index in [1.54, 1.807) is 0 Å². The summed E-state index contributed by atoms with van der Waals surface area (Å²) in [5.74, 6) is 0. The van der Waals surface area contributed by atoms with Crippen molar-refractivity contribution in [1.82, 2.24) is 10.2 Å². The predicted molar refractivity (Wildman–Crippen MR) is 59.2 cm³/mol. The molecule has 0 aliphatic carbocycles. The van der Waals surface area contributed by atoms with Gasteiger partial charge in [-0.25, -0.2) is 0 Å². The van der Waals surface area contributed by atoms with Gasteiger partial charge in [-0.2, -0.15) is 0 Å². The van der Waals surface area contributed by atoms with Crippen LogP contribution >= 0.6 is 34.5 Å². The van der Waals surface area contributed by atoms with E-state index in [0.29, 0.717) is 4.47 Å². The number of hydrogen-bond acceptors (Lipinski definition) is 3. The maximum Gasteiger partial charge on any atom is 0.207 e. The summed E-state index contributed by atoms with van der Waals surface area (Å²) >= 11 is 12.8. The normalized spacial score (nSPS) is 10.4. The maximum absolute atomic E-state index is 5.77. The molecule has 0 aliphatic heterocycles. The van der Waals surface area contributed by atoms with E-state index in [1.165, 1.54) is 11.3 Å². The van der Waals surface area contributed by atoms with Gasteiger partial charge in [0.05, 0.1) is 0 Å². The summed E-state index contributed by atoms with van der Waals surface area (Å²) in [4.78, 5) is 0. The predicted octanol–water partition coefficient (Wildman–Crippen LogP) is 3.44. The molecule has 0 spiro atoms. The van der Waals surface area contributed by atoms with Crippen LogP contribution in [0.5, 0.6) is 0 Å². The van der Waals surface area contributed by atoms with Gasteiger partial charge in [-0.15, -0.1) is 10.2 Å². The van der Waals surface area contributed by atoms with Crippen LogP contribution in [0.1, 0.15) is 10.6 Å². The molecular weight excluding hydrogens is 239 g/mol. The molecule has 0 N–H and O–H groups in total. The van der Waals surface area contributed by atoms with E-state index in [4.69, 9.17) is 23.2 Å². The van der Waals surface area contributed by atoms with Gasteiger partial charge in [-0.1, -0.05) is 35.1 Å². The summed E-state index contributed by atoms with van der Waals surface area (Å²) < 4.78 is 0.481. The molecule has 0 atom stereocenters. The van der Waals surface area contributed by atoms with Crippen molar-refractivity contribution in [2.45, 2.75) is 6.42 Å². The van der Waals surface area contributed by atoms with E-state index in [9.17, 15) is 0 Å². The third-order valence-corrected chi connectivity index (χ3v) is 2.98. The van der Waals surface area contributed by atoms with E-state index >= 15 is 0 Å². The smallest absolute Gasteiger partial charge is 0.142 e. The van der Waals surface area contributed by atoms with E-state index in [0.717, 1.165) is 22.0 Å². The number of halogens is 2. The first kappa shape index (κ1) is 9.90. The number of benzene rings is 1. The topological polar surface area (TPSA) is 25.8 Å². The standard InChI is InChI=1S/C9H6Cl2N2S/c10-7-3-1-6(2-4-7)5-8-12-13-9(11)14-8/h1-4H,5H2. The van der Waals surface area contributed by atoms with Crippen molar-refractivity contribution < 1.29 is 0 Å². The largest absolute Gasteiger partial charge is 0.207 e. The minimum atomic E-state index is 0.481. The number of nitrogens with zero attached hydrogens (tertiary/aromatic N) is 2. The molecule has 0 saturated heterocycles. The summed E-state index contributed by atoms with van der Waals surface area (Å²) in [5.41, 5.74) is 1.15. The highest BCUT2D eigenvalue weighted by Gasteiger charge is 2.02. The van der Waals surface area contributed by atoms with Gasteiger partial charge in [0.2, 0.25) is 4.47 Å². The van der Waals surface area contributed by atoms with Gasteiger partial charge in [0.1, 0.15) is 5.01 Å². The third-order valence-electron chi connectivity index (χ3n) is 1.71. The first-order valence-corrected chi connectivity index (χ1v) is 5.53. The molecule has 0 amide bonds. The van der Waals surface area contributed by atoms with Crippen molar-refractivity contribution in [3.63, 3.8) is 0 Å². The van der Waals surface area contributed by atoms with Gasteiger partial charge >= 0.3 is 0 Å². The van der Waals surface area contributed by atoms with Crippen molar-refractivity contribution in [1.29, 1.82) is 0 Å². The molecule has 2 aromatic rings. The summed E-state index contributed by atoms with van der Waals surface area (Å²) in [6.45, 7) is 0. The Morgan fingerprint density at radius 2 is 1.79 bits per heavy atom. The average molecular weight is 245 g/mol. The van der Waals surface area contributed by atoms with Gasteiger partial charge in [-0.05, 0) is 29.3 Å². The SMILES string of the molecule is Clc1ccc(Cc2nnc(Cl)s2)cc1. The molecule has 1 heterocycles. The second-order valence-electron chi connectivity index (χ2n) is 2.75. The van der Waals surface area contributed by atoms with E-state index < -0.39 is 0 Å². The summed E-state index contributed by atoms with van der Waals surface area (Å²) in [6, 6.07) is 7.66. The molecule has 0 radical (unpaired) electrons. The Kier molecular flexibility index (Phi) is 3.01. The van der Waals surface area contributed by atoms with Crippen LogP contribution in [0.3, 0.4) is 0 Å². The van der Waals surface area contributed by atoms with Gasteiger partial charge in [-0.3, -0.25) is 0 Å². The lowest BCUT2D eigenvalue weighted by molar-refractivity contribution is 1.00. The van der Waals surface area contributed by atoms with Crippen LogP contribution < -0.4 is 0 Å². The molecule has 0 bridgehead atoms. The van der Waals surface area contributed by atoms with Crippen molar-refractivity contribution >= 4 is 34.5 Å². The highest BCUT2D eigenvalue weighted by molar-refractivity contribution is 7.15. The molecule has 2 nitrogen and oxygen atoms in total. The van der Waals surface area contributed by atoms with Crippen LogP contribution in [0.2, 0.25) is 9.49 Å². The second-order valence-corrected chi connectivity index (χ2v) is 4.83. The summed E-state index contributed by atoms with van der Waals surface area (Å²) in [6.07, 6.45) is 0.752. The lowest BCUT2D eigenvalue weighted by atomic mass is 10.2. The minimum absolute atomic E-state index is 0.481. The molecule has 72 valence electrons. The van der Waals surface area contributed by atoms with Crippen LogP contribution in [0.4, 0.5) is 0 Å². The molecule has 1 aromatic carbocycles. The summed E-state index contributed by atoms with van der Waals surface area (Å²) in [5, 5.41) is 9.33. The Morgan fingerprint density at radius 1 is 1.07 bits per heavy atom. The fraction of sp³-hybridized carbons (Fsp3) is 0.111. The number of aromatic nitrogens is 2. The van der Waals surface area contributed by atoms with Crippen LogP contribution in [0, 0.1) is 0 Å². The fourth-order valence-electron chi connectivity index (χ4n) is 1.08. The van der Waals surface area contributed by atoms with E-state index in [2.05, 4.69) is 10.2 Å². The molecule has 2 rings (SSSR count). The van der Waals surface area contributed by atoms with Crippen LogP contribution in [0.15, 0.2) is 24.3 Å². The van der Waals surface area contributed by atoms with E-state index in [-0.39, 0.29) is 0 Å². The first-order valence-electron chi connectivity index (χ1n) is 3.96. The number of rotatable bonds is 2.